The lowest BCUT2D eigenvalue weighted by Crippen LogP contribution is -2.43. The highest BCUT2D eigenvalue weighted by atomic mass is 16.7. The van der Waals surface area contributed by atoms with E-state index in [4.69, 9.17) is 14.0 Å². The van der Waals surface area contributed by atoms with E-state index in [0.717, 1.165) is 24.0 Å². The Morgan fingerprint density at radius 3 is 2.88 bits per heavy atom. The molecule has 3 aromatic heterocycles. The maximum atomic E-state index is 12.9. The lowest BCUT2D eigenvalue weighted by atomic mass is 9.79. The van der Waals surface area contributed by atoms with Gasteiger partial charge >= 0.3 is 0 Å². The molecule has 1 aliphatic carbocycles. The van der Waals surface area contributed by atoms with Crippen LogP contribution in [-0.2, 0) is 9.47 Å². The van der Waals surface area contributed by atoms with Crippen LogP contribution in [0.4, 0.5) is 5.69 Å². The third-order valence-corrected chi connectivity index (χ3v) is 6.11. The monoisotopic (exact) mass is 431 g/mol. The first-order valence-corrected chi connectivity index (χ1v) is 10.6. The second kappa shape index (κ2) is 7.25. The molecule has 9 nitrogen and oxygen atoms in total. The Labute approximate surface area is 183 Å². The summed E-state index contributed by atoms with van der Waals surface area (Å²) in [6.45, 7) is 3.20. The number of hydrogen-bond donors (Lipinski definition) is 1. The zero-order valence-electron chi connectivity index (χ0n) is 17.4. The molecule has 4 aromatic rings. The normalized spacial score (nSPS) is 17.7. The Kier molecular flexibility index (Phi) is 4.34. The minimum absolute atomic E-state index is 0.133. The van der Waals surface area contributed by atoms with Crippen molar-refractivity contribution >= 4 is 17.2 Å². The third kappa shape index (κ3) is 3.17. The summed E-state index contributed by atoms with van der Waals surface area (Å²) in [4.78, 5) is 21.8. The van der Waals surface area contributed by atoms with Crippen LogP contribution in [0.2, 0.25) is 0 Å². The Bertz CT molecular complexity index is 1310. The first kappa shape index (κ1) is 19.1. The van der Waals surface area contributed by atoms with Crippen molar-refractivity contribution in [3.63, 3.8) is 0 Å². The molecule has 0 atom stereocenters. The molecule has 2 fully saturated rings. The maximum absolute atomic E-state index is 12.9. The van der Waals surface area contributed by atoms with Crippen molar-refractivity contribution in [2.75, 3.05) is 18.5 Å². The lowest BCUT2D eigenvalue weighted by molar-refractivity contribution is -0.218. The van der Waals surface area contributed by atoms with E-state index in [1.54, 1.807) is 10.6 Å². The number of anilines is 1. The van der Waals surface area contributed by atoms with E-state index in [-0.39, 0.29) is 11.8 Å². The number of aryl methyl sites for hydroxylation is 1. The number of pyridine rings is 1. The molecular weight excluding hydrogens is 410 g/mol. The van der Waals surface area contributed by atoms with Crippen molar-refractivity contribution in [2.24, 2.45) is 0 Å². The molecule has 1 amide bonds. The van der Waals surface area contributed by atoms with Crippen LogP contribution < -0.4 is 5.32 Å². The van der Waals surface area contributed by atoms with E-state index in [1.807, 2.05) is 49.5 Å². The fourth-order valence-corrected chi connectivity index (χ4v) is 4.30. The number of hydrogen-bond acceptors (Lipinski definition) is 7. The van der Waals surface area contributed by atoms with Crippen LogP contribution in [0.5, 0.6) is 0 Å². The van der Waals surface area contributed by atoms with Gasteiger partial charge in [0.05, 0.1) is 19.4 Å². The molecule has 0 unspecified atom stereocenters. The van der Waals surface area contributed by atoms with Gasteiger partial charge < -0.3 is 19.3 Å². The Morgan fingerprint density at radius 2 is 2.03 bits per heavy atom. The predicted octanol–water partition coefficient (Wildman–Crippen LogP) is 3.57. The quantitative estimate of drug-likeness (QED) is 0.527. The molecule has 0 bridgehead atoms. The minimum atomic E-state index is -0.460. The highest BCUT2D eigenvalue weighted by molar-refractivity contribution is 6.04. The number of nitrogens with zero attached hydrogens (tertiary/aromatic N) is 4. The molecule has 1 spiro atoms. The minimum Gasteiger partial charge on any atom is -0.347 e. The largest absolute Gasteiger partial charge is 0.347 e. The maximum Gasteiger partial charge on any atom is 0.274 e. The summed E-state index contributed by atoms with van der Waals surface area (Å²) in [5.41, 5.74) is 3.55. The van der Waals surface area contributed by atoms with Crippen molar-refractivity contribution < 1.29 is 18.8 Å². The molecule has 1 aromatic carbocycles. The van der Waals surface area contributed by atoms with E-state index in [0.29, 0.717) is 42.0 Å². The highest BCUT2D eigenvalue weighted by Crippen LogP contribution is 2.49. The molecule has 4 heterocycles. The van der Waals surface area contributed by atoms with Crippen LogP contribution in [0, 0.1) is 6.92 Å². The van der Waals surface area contributed by atoms with Crippen molar-refractivity contribution in [1.29, 1.82) is 0 Å². The van der Waals surface area contributed by atoms with Crippen molar-refractivity contribution in [2.45, 2.75) is 31.5 Å². The zero-order valence-corrected chi connectivity index (χ0v) is 17.4. The molecule has 6 rings (SSSR count). The Hall–Kier alpha value is -3.56. The number of ether oxygens (including phenoxy) is 2. The first-order valence-electron chi connectivity index (χ1n) is 10.6. The molecule has 2 aliphatic rings. The number of carbonyl (C=O) groups is 1. The second-order valence-corrected chi connectivity index (χ2v) is 8.23. The second-order valence-electron chi connectivity index (χ2n) is 8.23. The van der Waals surface area contributed by atoms with Crippen LogP contribution in [0.1, 0.15) is 40.7 Å². The molecule has 1 aliphatic heterocycles. The number of rotatable bonds is 4. The van der Waals surface area contributed by atoms with Crippen LogP contribution in [0.15, 0.2) is 53.3 Å². The van der Waals surface area contributed by atoms with Crippen molar-refractivity contribution in [3.05, 3.63) is 65.9 Å². The van der Waals surface area contributed by atoms with Crippen molar-refractivity contribution in [3.8, 4) is 11.4 Å². The molecule has 0 radical (unpaired) electrons. The van der Waals surface area contributed by atoms with E-state index < -0.39 is 5.79 Å². The van der Waals surface area contributed by atoms with Crippen LogP contribution in [-0.4, -0.2) is 44.4 Å². The molecular formula is C23H21N5O4. The molecule has 162 valence electrons. The number of nitrogens with one attached hydrogen (secondary N) is 1. The summed E-state index contributed by atoms with van der Waals surface area (Å²) >= 11 is 0. The van der Waals surface area contributed by atoms with Gasteiger partial charge in [-0.2, -0.15) is 4.98 Å². The van der Waals surface area contributed by atoms with E-state index in [9.17, 15) is 4.79 Å². The Balaban J connectivity index is 1.22. The van der Waals surface area contributed by atoms with Gasteiger partial charge in [0, 0.05) is 36.2 Å². The van der Waals surface area contributed by atoms with Gasteiger partial charge in [0.15, 0.2) is 5.79 Å². The van der Waals surface area contributed by atoms with Crippen LogP contribution >= 0.6 is 0 Å². The topological polar surface area (TPSA) is 104 Å². The molecule has 1 saturated carbocycles. The SMILES string of the molecule is Cc1ccc(-c2noc(C3CC4(C3)OCCO4)n2)cc1NC(=O)c1cnc2ccccn12. The standard InChI is InChI=1S/C23H21N5O4/c1-14-5-6-15(20-26-22(32-27-20)16-11-23(12-16)30-8-9-31-23)10-17(14)25-21(29)18-13-24-19-4-2-3-7-28(18)19/h2-7,10,13,16H,8-9,11-12H2,1H3,(H,25,29). The lowest BCUT2D eigenvalue weighted by Gasteiger charge is -2.40. The Morgan fingerprint density at radius 1 is 1.19 bits per heavy atom. The van der Waals surface area contributed by atoms with Gasteiger partial charge in [-0.15, -0.1) is 0 Å². The summed E-state index contributed by atoms with van der Waals surface area (Å²) in [5, 5.41) is 7.13. The summed E-state index contributed by atoms with van der Waals surface area (Å²) in [6, 6.07) is 11.3. The molecule has 32 heavy (non-hydrogen) atoms. The average Bonchev–Trinajstić information content (AvgIpc) is 3.53. The van der Waals surface area contributed by atoms with Gasteiger partial charge in [-0.3, -0.25) is 9.20 Å². The van der Waals surface area contributed by atoms with Gasteiger partial charge in [-0.1, -0.05) is 23.4 Å². The molecule has 1 saturated heterocycles. The first-order chi connectivity index (χ1) is 15.6. The van der Waals surface area contributed by atoms with Crippen molar-refractivity contribution in [1.82, 2.24) is 19.5 Å². The van der Waals surface area contributed by atoms with Gasteiger partial charge in [0.1, 0.15) is 11.3 Å². The van der Waals surface area contributed by atoms with E-state index in [2.05, 4.69) is 20.4 Å². The number of aromatic nitrogens is 4. The van der Waals surface area contributed by atoms with Crippen LogP contribution in [0.3, 0.4) is 0 Å². The fourth-order valence-electron chi connectivity index (χ4n) is 4.30. The van der Waals surface area contributed by atoms with Gasteiger partial charge in [-0.05, 0) is 30.7 Å². The summed E-state index contributed by atoms with van der Waals surface area (Å²) in [5.74, 6) is 0.502. The molecule has 9 heteroatoms. The summed E-state index contributed by atoms with van der Waals surface area (Å²) in [7, 11) is 0. The third-order valence-electron chi connectivity index (χ3n) is 6.11. The summed E-state index contributed by atoms with van der Waals surface area (Å²) < 4.78 is 18.6. The van der Waals surface area contributed by atoms with Crippen LogP contribution in [0.25, 0.3) is 17.0 Å². The number of benzene rings is 1. The number of carbonyl (C=O) groups excluding carboxylic acids is 1. The van der Waals surface area contributed by atoms with E-state index in [1.165, 1.54) is 0 Å². The average molecular weight is 431 g/mol. The predicted molar refractivity (Wildman–Crippen MR) is 114 cm³/mol. The summed E-state index contributed by atoms with van der Waals surface area (Å²) in [6.07, 6.45) is 4.83. The van der Waals surface area contributed by atoms with Gasteiger partial charge in [0.25, 0.3) is 5.91 Å². The highest BCUT2D eigenvalue weighted by Gasteiger charge is 2.51. The molecule has 1 N–H and O–H groups in total. The number of fused-ring (bicyclic) bond motifs is 1. The fraction of sp³-hybridized carbons (Fsp3) is 0.304. The van der Waals surface area contributed by atoms with Gasteiger partial charge in [0.2, 0.25) is 11.7 Å². The van der Waals surface area contributed by atoms with E-state index >= 15 is 0 Å². The zero-order chi connectivity index (χ0) is 21.7. The number of amides is 1. The smallest absolute Gasteiger partial charge is 0.274 e. The van der Waals surface area contributed by atoms with Gasteiger partial charge in [-0.25, -0.2) is 4.98 Å². The number of imidazole rings is 1.